The number of carbonyl (C=O) groups is 1. The van der Waals surface area contributed by atoms with Crippen molar-refractivity contribution in [2.24, 2.45) is 16.1 Å². The molecule has 3 rings (SSSR count). The molecule has 1 aromatic carbocycles. The number of benzene rings is 1. The maximum atomic E-state index is 12.2. The van der Waals surface area contributed by atoms with Crippen LogP contribution in [0.3, 0.4) is 0 Å². The summed E-state index contributed by atoms with van der Waals surface area (Å²) in [6.45, 7) is 3.61. The van der Waals surface area contributed by atoms with E-state index in [0.717, 1.165) is 17.5 Å². The number of allylic oxidation sites excluding steroid dienone is 1. The van der Waals surface area contributed by atoms with Crippen LogP contribution in [0.15, 0.2) is 65.9 Å². The summed E-state index contributed by atoms with van der Waals surface area (Å²) in [6.07, 6.45) is 10.3. The van der Waals surface area contributed by atoms with Crippen LogP contribution < -0.4 is 15.8 Å². The molecule has 2 aromatic rings. The van der Waals surface area contributed by atoms with Gasteiger partial charge in [-0.15, -0.1) is 0 Å². The Kier molecular flexibility index (Phi) is 6.55. The van der Waals surface area contributed by atoms with Crippen molar-refractivity contribution in [3.63, 3.8) is 0 Å². The van der Waals surface area contributed by atoms with Gasteiger partial charge in [-0.25, -0.2) is 0 Å². The Labute approximate surface area is 165 Å². The van der Waals surface area contributed by atoms with Crippen molar-refractivity contribution in [3.8, 4) is 5.75 Å². The average molecular weight is 378 g/mol. The van der Waals surface area contributed by atoms with E-state index in [4.69, 9.17) is 10.5 Å². The molecule has 1 amide bonds. The molecule has 146 valence electrons. The van der Waals surface area contributed by atoms with Crippen LogP contribution in [0.1, 0.15) is 24.1 Å². The van der Waals surface area contributed by atoms with E-state index in [0.29, 0.717) is 25.4 Å². The highest BCUT2D eigenvalue weighted by Gasteiger charge is 2.31. The lowest BCUT2D eigenvalue weighted by Gasteiger charge is -2.33. The topological polar surface area (TPSA) is 89.6 Å². The number of para-hydroxylation sites is 1. The Morgan fingerprint density at radius 2 is 2.18 bits per heavy atom. The first-order chi connectivity index (χ1) is 13.6. The Morgan fingerprint density at radius 3 is 2.86 bits per heavy atom. The van der Waals surface area contributed by atoms with E-state index in [2.05, 4.69) is 27.4 Å². The quantitative estimate of drug-likeness (QED) is 0.701. The minimum absolute atomic E-state index is 0.258. The third-order valence-electron chi connectivity index (χ3n) is 4.80. The van der Waals surface area contributed by atoms with E-state index in [-0.39, 0.29) is 5.41 Å². The number of nitrogens with two attached hydrogens (primary N) is 1. The second-order valence-electron chi connectivity index (χ2n) is 6.94. The smallest absolute Gasteiger partial charge is 0.239 e. The average Bonchev–Trinajstić information content (AvgIpc) is 2.71. The Hall–Kier alpha value is -2.99. The number of carbonyl (C=O) groups excluding carboxylic acids is 1. The number of hydrogen-bond acceptors (Lipinski definition) is 5. The van der Waals surface area contributed by atoms with Gasteiger partial charge in [0.1, 0.15) is 11.8 Å². The van der Waals surface area contributed by atoms with Crippen LogP contribution >= 0.6 is 0 Å². The molecule has 2 unspecified atom stereocenters. The summed E-state index contributed by atoms with van der Waals surface area (Å²) >= 11 is 0. The van der Waals surface area contributed by atoms with Crippen LogP contribution in [-0.4, -0.2) is 36.8 Å². The number of aliphatic imine (C=N–C) groups is 1. The molecule has 0 saturated carbocycles. The van der Waals surface area contributed by atoms with Crippen molar-refractivity contribution in [1.82, 2.24) is 10.3 Å². The number of aromatic nitrogens is 1. The van der Waals surface area contributed by atoms with Crippen LogP contribution in [0.5, 0.6) is 5.75 Å². The molecule has 0 saturated heterocycles. The Morgan fingerprint density at radius 1 is 1.32 bits per heavy atom. The van der Waals surface area contributed by atoms with Gasteiger partial charge < -0.3 is 15.8 Å². The van der Waals surface area contributed by atoms with Crippen LogP contribution in [0.4, 0.5) is 0 Å². The van der Waals surface area contributed by atoms with E-state index in [1.54, 1.807) is 12.4 Å². The summed E-state index contributed by atoms with van der Waals surface area (Å²) in [5.74, 6) is 0.229. The SMILES string of the molecule is CCOc1ccccc1C(NCC1(Cc2cccnc2)C=CC=NC1)C(N)=O. The van der Waals surface area contributed by atoms with Gasteiger partial charge in [0.05, 0.1) is 6.61 Å². The number of nitrogens with zero attached hydrogens (tertiary/aromatic N) is 2. The summed E-state index contributed by atoms with van der Waals surface area (Å²) in [5.41, 5.74) is 7.34. The van der Waals surface area contributed by atoms with E-state index in [1.165, 1.54) is 0 Å². The summed E-state index contributed by atoms with van der Waals surface area (Å²) in [7, 11) is 0. The fourth-order valence-electron chi connectivity index (χ4n) is 3.47. The number of hydrogen-bond donors (Lipinski definition) is 2. The molecule has 0 fully saturated rings. The molecule has 1 aromatic heterocycles. The normalized spacial score (nSPS) is 19.3. The van der Waals surface area contributed by atoms with Crippen molar-refractivity contribution >= 4 is 12.1 Å². The Bertz CT molecular complexity index is 851. The molecule has 2 heterocycles. The molecule has 0 aliphatic carbocycles. The highest BCUT2D eigenvalue weighted by Crippen LogP contribution is 2.30. The molecule has 28 heavy (non-hydrogen) atoms. The largest absolute Gasteiger partial charge is 0.494 e. The lowest BCUT2D eigenvalue weighted by Crippen LogP contribution is -2.43. The molecule has 1 aliphatic rings. The minimum Gasteiger partial charge on any atom is -0.494 e. The van der Waals surface area contributed by atoms with Gasteiger partial charge in [-0.1, -0.05) is 30.3 Å². The minimum atomic E-state index is -0.646. The maximum absolute atomic E-state index is 12.2. The van der Waals surface area contributed by atoms with Gasteiger partial charge in [-0.3, -0.25) is 14.8 Å². The van der Waals surface area contributed by atoms with Crippen LogP contribution in [0.2, 0.25) is 0 Å². The number of amides is 1. The molecule has 1 aliphatic heterocycles. The van der Waals surface area contributed by atoms with Crippen molar-refractivity contribution in [1.29, 1.82) is 0 Å². The predicted octanol–water partition coefficient (Wildman–Crippen LogP) is 2.47. The van der Waals surface area contributed by atoms with Gasteiger partial charge in [0, 0.05) is 42.7 Å². The molecule has 3 N–H and O–H groups in total. The van der Waals surface area contributed by atoms with Gasteiger partial charge in [-0.2, -0.15) is 0 Å². The van der Waals surface area contributed by atoms with Gasteiger partial charge in [0.15, 0.2) is 0 Å². The fraction of sp³-hybridized carbons (Fsp3) is 0.318. The zero-order valence-electron chi connectivity index (χ0n) is 16.0. The van der Waals surface area contributed by atoms with Crippen LogP contribution in [-0.2, 0) is 11.2 Å². The number of dihydropyridines is 1. The molecule has 6 nitrogen and oxygen atoms in total. The second-order valence-corrected chi connectivity index (χ2v) is 6.94. The van der Waals surface area contributed by atoms with E-state index < -0.39 is 11.9 Å². The number of nitrogens with one attached hydrogen (secondary N) is 1. The maximum Gasteiger partial charge on any atom is 0.239 e. The van der Waals surface area contributed by atoms with Crippen molar-refractivity contribution < 1.29 is 9.53 Å². The zero-order chi connectivity index (χ0) is 19.8. The van der Waals surface area contributed by atoms with Crippen LogP contribution in [0, 0.1) is 5.41 Å². The van der Waals surface area contributed by atoms with E-state index >= 15 is 0 Å². The first-order valence-corrected chi connectivity index (χ1v) is 9.44. The van der Waals surface area contributed by atoms with E-state index in [1.807, 2.05) is 49.5 Å². The molecule has 0 radical (unpaired) electrons. The highest BCUT2D eigenvalue weighted by atomic mass is 16.5. The standard InChI is InChI=1S/C22H26N4O2/c1-2-28-19-9-4-3-8-18(19)20(21(23)27)26-16-22(10-6-12-25-15-22)13-17-7-5-11-24-14-17/h3-12,14,20,26H,2,13,15-16H2,1H3,(H2,23,27). The summed E-state index contributed by atoms with van der Waals surface area (Å²) in [6, 6.07) is 10.8. The predicted molar refractivity (Wildman–Crippen MR) is 110 cm³/mol. The molecule has 0 bridgehead atoms. The molecule has 0 spiro atoms. The van der Waals surface area contributed by atoms with Crippen molar-refractivity contribution in [2.45, 2.75) is 19.4 Å². The monoisotopic (exact) mass is 378 g/mol. The molecule has 2 atom stereocenters. The first kappa shape index (κ1) is 19.8. The molecule has 6 heteroatoms. The third-order valence-corrected chi connectivity index (χ3v) is 4.80. The van der Waals surface area contributed by atoms with Crippen LogP contribution in [0.25, 0.3) is 0 Å². The van der Waals surface area contributed by atoms with Crippen molar-refractivity contribution in [3.05, 3.63) is 72.1 Å². The molecular formula is C22H26N4O2. The zero-order valence-corrected chi connectivity index (χ0v) is 16.0. The van der Waals surface area contributed by atoms with E-state index in [9.17, 15) is 4.79 Å². The third kappa shape index (κ3) is 4.84. The lowest BCUT2D eigenvalue weighted by molar-refractivity contribution is -0.120. The fourth-order valence-corrected chi connectivity index (χ4v) is 3.47. The number of pyridine rings is 1. The Balaban J connectivity index is 1.82. The van der Waals surface area contributed by atoms with Gasteiger partial charge in [0.25, 0.3) is 0 Å². The van der Waals surface area contributed by atoms with Gasteiger partial charge in [-0.05, 0) is 37.1 Å². The lowest BCUT2D eigenvalue weighted by atomic mass is 9.80. The number of primary amides is 1. The van der Waals surface area contributed by atoms with Gasteiger partial charge in [0.2, 0.25) is 5.91 Å². The highest BCUT2D eigenvalue weighted by molar-refractivity contribution is 5.82. The summed E-state index contributed by atoms with van der Waals surface area (Å²) in [4.78, 5) is 20.9. The second kappa shape index (κ2) is 9.28. The number of rotatable bonds is 9. The summed E-state index contributed by atoms with van der Waals surface area (Å²) in [5, 5.41) is 3.37. The van der Waals surface area contributed by atoms with Crippen molar-refractivity contribution in [2.75, 3.05) is 19.7 Å². The number of ether oxygens (including phenoxy) is 1. The first-order valence-electron chi connectivity index (χ1n) is 9.44. The molecular weight excluding hydrogens is 352 g/mol. The summed E-state index contributed by atoms with van der Waals surface area (Å²) < 4.78 is 5.69. The van der Waals surface area contributed by atoms with Gasteiger partial charge >= 0.3 is 0 Å².